The lowest BCUT2D eigenvalue weighted by Crippen LogP contribution is -2.37. The minimum atomic E-state index is -3.92. The molecule has 2 aromatic carbocycles. The zero-order valence-electron chi connectivity index (χ0n) is 14.6. The van der Waals surface area contributed by atoms with Crippen LogP contribution in [0, 0.1) is 22.0 Å². The monoisotopic (exact) mass is 386 g/mol. The van der Waals surface area contributed by atoms with E-state index in [-0.39, 0.29) is 16.5 Å². The lowest BCUT2D eigenvalue weighted by molar-refractivity contribution is -0.384. The molecule has 0 radical (unpaired) electrons. The fraction of sp³-hybridized carbons (Fsp3) is 0.316. The van der Waals surface area contributed by atoms with E-state index in [0.29, 0.717) is 6.42 Å². The molecule has 0 unspecified atom stereocenters. The van der Waals surface area contributed by atoms with Crippen molar-refractivity contribution in [1.82, 2.24) is 4.31 Å². The molecule has 1 heterocycles. The molecule has 4 rings (SSSR count). The zero-order valence-corrected chi connectivity index (χ0v) is 15.4. The van der Waals surface area contributed by atoms with E-state index in [1.165, 1.54) is 28.6 Å². The van der Waals surface area contributed by atoms with Crippen molar-refractivity contribution in [2.24, 2.45) is 11.8 Å². The fourth-order valence-corrected chi connectivity index (χ4v) is 6.37. The van der Waals surface area contributed by atoms with Gasteiger partial charge in [-0.1, -0.05) is 24.3 Å². The van der Waals surface area contributed by atoms with Crippen molar-refractivity contribution in [3.05, 3.63) is 69.8 Å². The predicted molar refractivity (Wildman–Crippen MR) is 97.5 cm³/mol. The lowest BCUT2D eigenvalue weighted by Gasteiger charge is -2.28. The molecule has 1 aliphatic heterocycles. The Kier molecular flexibility index (Phi) is 4.12. The molecule has 7 nitrogen and oxygen atoms in total. The van der Waals surface area contributed by atoms with Crippen LogP contribution in [0.1, 0.15) is 24.1 Å². The van der Waals surface area contributed by atoms with E-state index in [9.17, 15) is 23.3 Å². The molecule has 0 amide bonds. The maximum Gasteiger partial charge on any atom is 0.269 e. The molecule has 2 aromatic rings. The molecule has 140 valence electrons. The van der Waals surface area contributed by atoms with E-state index < -0.39 is 32.9 Å². The number of carbonyl (C=O) groups excluding carboxylic acids is 1. The van der Waals surface area contributed by atoms with E-state index in [1.807, 2.05) is 24.3 Å². The zero-order chi connectivity index (χ0) is 19.3. The molecule has 1 saturated heterocycles. The highest BCUT2D eigenvalue weighted by atomic mass is 32.2. The van der Waals surface area contributed by atoms with Crippen LogP contribution in [0.3, 0.4) is 0 Å². The van der Waals surface area contributed by atoms with Crippen LogP contribution in [0.5, 0.6) is 0 Å². The van der Waals surface area contributed by atoms with Crippen LogP contribution in [0.2, 0.25) is 0 Å². The molecule has 27 heavy (non-hydrogen) atoms. The van der Waals surface area contributed by atoms with Gasteiger partial charge in [0.2, 0.25) is 10.0 Å². The number of aldehydes is 1. The third kappa shape index (κ3) is 2.59. The van der Waals surface area contributed by atoms with Gasteiger partial charge in [-0.25, -0.2) is 8.42 Å². The second-order valence-electron chi connectivity index (χ2n) is 7.05. The van der Waals surface area contributed by atoms with Crippen molar-refractivity contribution < 1.29 is 18.1 Å². The van der Waals surface area contributed by atoms with Gasteiger partial charge in [0.05, 0.1) is 15.9 Å². The molecule has 1 fully saturated rings. The first-order valence-electron chi connectivity index (χ1n) is 8.67. The van der Waals surface area contributed by atoms with Crippen molar-refractivity contribution >= 4 is 22.0 Å². The molecule has 0 aromatic heterocycles. The summed E-state index contributed by atoms with van der Waals surface area (Å²) in [6.45, 7) is 1.75. The Morgan fingerprint density at radius 3 is 2.44 bits per heavy atom. The van der Waals surface area contributed by atoms with Gasteiger partial charge in [0, 0.05) is 24.1 Å². The van der Waals surface area contributed by atoms with Crippen LogP contribution >= 0.6 is 0 Å². The summed E-state index contributed by atoms with van der Waals surface area (Å²) in [7, 11) is -3.92. The van der Waals surface area contributed by atoms with Crippen molar-refractivity contribution in [3.8, 4) is 0 Å². The Morgan fingerprint density at radius 2 is 1.81 bits per heavy atom. The van der Waals surface area contributed by atoms with Gasteiger partial charge < -0.3 is 4.79 Å². The minimum Gasteiger partial charge on any atom is -0.303 e. The van der Waals surface area contributed by atoms with Crippen LogP contribution in [-0.2, 0) is 21.2 Å². The number of non-ortho nitro benzene ring substituents is 1. The Bertz CT molecular complexity index is 1020. The molecule has 8 heteroatoms. The van der Waals surface area contributed by atoms with E-state index in [1.54, 1.807) is 6.92 Å². The highest BCUT2D eigenvalue weighted by Gasteiger charge is 2.55. The molecule has 0 bridgehead atoms. The molecule has 4 atom stereocenters. The number of carbonyl (C=O) groups is 1. The van der Waals surface area contributed by atoms with Gasteiger partial charge in [-0.2, -0.15) is 4.31 Å². The summed E-state index contributed by atoms with van der Waals surface area (Å²) >= 11 is 0. The number of nitrogens with zero attached hydrogens (tertiary/aromatic N) is 2. The molecular weight excluding hydrogens is 368 g/mol. The average Bonchev–Trinajstić information content (AvgIpc) is 3.14. The standard InChI is InChI=1S/C19H18N2O5S/c1-12-18(11-22)17-10-13-4-2-3-5-16(13)19(17)20(12)27(25,26)15-8-6-14(7-9-15)21(23)24/h2-9,11-12,17-19H,10H2,1H3/t12-,17+,18-,19+/m0/s1. The summed E-state index contributed by atoms with van der Waals surface area (Å²) in [6, 6.07) is 11.7. The van der Waals surface area contributed by atoms with Crippen molar-refractivity contribution in [3.63, 3.8) is 0 Å². The molecule has 0 N–H and O–H groups in total. The van der Waals surface area contributed by atoms with Gasteiger partial charge >= 0.3 is 0 Å². The Morgan fingerprint density at radius 1 is 1.15 bits per heavy atom. The van der Waals surface area contributed by atoms with Crippen LogP contribution in [-0.4, -0.2) is 30.0 Å². The molecular formula is C19H18N2O5S. The van der Waals surface area contributed by atoms with E-state index in [4.69, 9.17) is 0 Å². The van der Waals surface area contributed by atoms with E-state index >= 15 is 0 Å². The highest BCUT2D eigenvalue weighted by Crippen LogP contribution is 2.53. The summed E-state index contributed by atoms with van der Waals surface area (Å²) in [5, 5.41) is 10.8. The summed E-state index contributed by atoms with van der Waals surface area (Å²) in [5.41, 5.74) is 1.83. The van der Waals surface area contributed by atoms with Gasteiger partial charge in [0.25, 0.3) is 5.69 Å². The predicted octanol–water partition coefficient (Wildman–Crippen LogP) is 2.72. The Labute approximate surface area is 156 Å². The Hall–Kier alpha value is -2.58. The molecule has 1 aliphatic carbocycles. The molecule has 2 aliphatic rings. The second kappa shape index (κ2) is 6.24. The maximum absolute atomic E-state index is 13.4. The topological polar surface area (TPSA) is 97.6 Å². The first-order chi connectivity index (χ1) is 12.9. The maximum atomic E-state index is 13.4. The third-order valence-electron chi connectivity index (χ3n) is 5.74. The minimum absolute atomic E-state index is 0.00497. The van der Waals surface area contributed by atoms with E-state index in [2.05, 4.69) is 0 Å². The summed E-state index contributed by atoms with van der Waals surface area (Å²) < 4.78 is 28.2. The normalized spacial score (nSPS) is 27.1. The van der Waals surface area contributed by atoms with Gasteiger partial charge in [0.1, 0.15) is 6.29 Å². The summed E-state index contributed by atoms with van der Waals surface area (Å²) in [6.07, 6.45) is 1.53. The number of nitro benzene ring substituents is 1. The lowest BCUT2D eigenvalue weighted by atomic mass is 9.89. The largest absolute Gasteiger partial charge is 0.303 e. The summed E-state index contributed by atoms with van der Waals surface area (Å²) in [5.74, 6) is -0.488. The van der Waals surface area contributed by atoms with Gasteiger partial charge in [-0.05, 0) is 42.5 Å². The van der Waals surface area contributed by atoms with Crippen molar-refractivity contribution in [2.45, 2.75) is 30.3 Å². The van der Waals surface area contributed by atoms with Crippen LogP contribution < -0.4 is 0 Å². The van der Waals surface area contributed by atoms with Gasteiger partial charge in [-0.15, -0.1) is 0 Å². The number of sulfonamides is 1. The van der Waals surface area contributed by atoms with E-state index in [0.717, 1.165) is 17.4 Å². The van der Waals surface area contributed by atoms with Crippen molar-refractivity contribution in [1.29, 1.82) is 0 Å². The van der Waals surface area contributed by atoms with Gasteiger partial charge in [0.15, 0.2) is 0 Å². The molecule has 0 spiro atoms. The number of nitro groups is 1. The smallest absolute Gasteiger partial charge is 0.269 e. The first kappa shape index (κ1) is 17.8. The highest BCUT2D eigenvalue weighted by molar-refractivity contribution is 7.89. The van der Waals surface area contributed by atoms with Crippen LogP contribution in [0.15, 0.2) is 53.4 Å². The number of hydrogen-bond acceptors (Lipinski definition) is 5. The number of fused-ring (bicyclic) bond motifs is 3. The van der Waals surface area contributed by atoms with Crippen LogP contribution in [0.25, 0.3) is 0 Å². The van der Waals surface area contributed by atoms with Gasteiger partial charge in [-0.3, -0.25) is 10.1 Å². The number of rotatable bonds is 4. The number of hydrogen-bond donors (Lipinski definition) is 0. The summed E-state index contributed by atoms with van der Waals surface area (Å²) in [4.78, 5) is 22.0. The quantitative estimate of drug-likeness (QED) is 0.457. The Balaban J connectivity index is 1.81. The molecule has 0 saturated carbocycles. The van der Waals surface area contributed by atoms with Crippen LogP contribution in [0.4, 0.5) is 5.69 Å². The average molecular weight is 386 g/mol. The van der Waals surface area contributed by atoms with Crippen molar-refractivity contribution in [2.75, 3.05) is 0 Å². The first-order valence-corrected chi connectivity index (χ1v) is 10.1. The fourth-order valence-electron chi connectivity index (χ4n) is 4.50. The third-order valence-corrected chi connectivity index (χ3v) is 7.72. The second-order valence-corrected chi connectivity index (χ2v) is 8.89. The SMILES string of the molecule is C[C@H]1[C@H](C=O)[C@H]2Cc3ccccc3[C@H]2N1S(=O)(=O)c1ccc([N+](=O)[O-])cc1. The number of benzene rings is 2.